The lowest BCUT2D eigenvalue weighted by Crippen LogP contribution is -2.35. The molecule has 2 aromatic carbocycles. The molecule has 4 heteroatoms. The predicted octanol–water partition coefficient (Wildman–Crippen LogP) is 3.83. The average molecular weight is 335 g/mol. The van der Waals surface area contributed by atoms with Gasteiger partial charge in [-0.2, -0.15) is 0 Å². The minimum atomic E-state index is 0.000797. The van der Waals surface area contributed by atoms with E-state index in [1.165, 1.54) is 0 Å². The maximum Gasteiger partial charge on any atom is 0.258 e. The van der Waals surface area contributed by atoms with Crippen LogP contribution in [0.5, 0.6) is 11.5 Å². The van der Waals surface area contributed by atoms with Crippen LogP contribution in [-0.4, -0.2) is 30.6 Å². The van der Waals surface area contributed by atoms with Crippen molar-refractivity contribution in [2.24, 2.45) is 0 Å². The summed E-state index contributed by atoms with van der Waals surface area (Å²) in [6, 6.07) is 11.7. The average Bonchev–Trinajstić information content (AvgIpc) is 2.85. The fraction of sp³-hybridized carbons (Fsp3) is 0.286. The topological polar surface area (TPSA) is 38.8 Å². The zero-order chi connectivity index (χ0) is 17.4. The van der Waals surface area contributed by atoms with Gasteiger partial charge in [-0.15, -0.1) is 0 Å². The Morgan fingerprint density at radius 2 is 1.84 bits per heavy atom. The number of benzene rings is 2. The van der Waals surface area contributed by atoms with E-state index in [0.717, 1.165) is 52.3 Å². The molecule has 128 valence electrons. The molecule has 0 aromatic heterocycles. The van der Waals surface area contributed by atoms with Gasteiger partial charge in [-0.05, 0) is 42.7 Å². The van der Waals surface area contributed by atoms with Crippen molar-refractivity contribution >= 4 is 11.6 Å². The van der Waals surface area contributed by atoms with E-state index in [-0.39, 0.29) is 5.91 Å². The second-order valence-corrected chi connectivity index (χ2v) is 6.47. The van der Waals surface area contributed by atoms with E-state index in [1.807, 2.05) is 43.3 Å². The van der Waals surface area contributed by atoms with Gasteiger partial charge in [0.2, 0.25) is 0 Å². The third-order valence-corrected chi connectivity index (χ3v) is 4.84. The molecule has 2 aromatic rings. The Kier molecular flexibility index (Phi) is 3.96. The Bertz CT molecular complexity index is 856. The highest BCUT2D eigenvalue weighted by Gasteiger charge is 2.28. The summed E-state index contributed by atoms with van der Waals surface area (Å²) >= 11 is 0. The number of nitrogens with zero attached hydrogens (tertiary/aromatic N) is 1. The van der Waals surface area contributed by atoms with Crippen molar-refractivity contribution in [3.63, 3.8) is 0 Å². The van der Waals surface area contributed by atoms with Crippen molar-refractivity contribution in [3.05, 3.63) is 65.2 Å². The first kappa shape index (κ1) is 15.8. The SMILES string of the molecule is C=C1c2cc3c(cc2CCN1C(=O)c1ccccc1C)OCCCO3. The summed E-state index contributed by atoms with van der Waals surface area (Å²) in [5.74, 6) is 1.53. The van der Waals surface area contributed by atoms with Gasteiger partial charge < -0.3 is 14.4 Å². The Morgan fingerprint density at radius 1 is 1.12 bits per heavy atom. The predicted molar refractivity (Wildman–Crippen MR) is 97.0 cm³/mol. The van der Waals surface area contributed by atoms with E-state index in [2.05, 4.69) is 6.58 Å². The van der Waals surface area contributed by atoms with Crippen molar-refractivity contribution in [2.45, 2.75) is 19.8 Å². The number of hydrogen-bond donors (Lipinski definition) is 0. The molecule has 0 aliphatic carbocycles. The van der Waals surface area contributed by atoms with Gasteiger partial charge >= 0.3 is 0 Å². The van der Waals surface area contributed by atoms with Crippen molar-refractivity contribution in [2.75, 3.05) is 19.8 Å². The molecule has 0 saturated carbocycles. The van der Waals surface area contributed by atoms with Crippen molar-refractivity contribution in [1.29, 1.82) is 0 Å². The van der Waals surface area contributed by atoms with Gasteiger partial charge in [-0.25, -0.2) is 0 Å². The van der Waals surface area contributed by atoms with Crippen LogP contribution in [-0.2, 0) is 6.42 Å². The van der Waals surface area contributed by atoms with E-state index in [1.54, 1.807) is 4.90 Å². The summed E-state index contributed by atoms with van der Waals surface area (Å²) in [6.07, 6.45) is 1.65. The number of aryl methyl sites for hydroxylation is 1. The first-order chi connectivity index (χ1) is 12.1. The van der Waals surface area contributed by atoms with Crippen molar-refractivity contribution in [1.82, 2.24) is 4.90 Å². The second-order valence-electron chi connectivity index (χ2n) is 6.47. The molecule has 25 heavy (non-hydrogen) atoms. The summed E-state index contributed by atoms with van der Waals surface area (Å²) < 4.78 is 11.6. The minimum Gasteiger partial charge on any atom is -0.490 e. The van der Waals surface area contributed by atoms with Gasteiger partial charge in [0.25, 0.3) is 5.91 Å². The maximum atomic E-state index is 13.0. The molecular weight excluding hydrogens is 314 g/mol. The summed E-state index contributed by atoms with van der Waals surface area (Å²) in [6.45, 7) is 8.09. The number of carbonyl (C=O) groups is 1. The van der Waals surface area contributed by atoms with E-state index in [9.17, 15) is 4.79 Å². The molecule has 2 aliphatic rings. The first-order valence-electron chi connectivity index (χ1n) is 8.64. The summed E-state index contributed by atoms with van der Waals surface area (Å²) in [4.78, 5) is 14.8. The van der Waals surface area contributed by atoms with E-state index < -0.39 is 0 Å². The third-order valence-electron chi connectivity index (χ3n) is 4.84. The summed E-state index contributed by atoms with van der Waals surface area (Å²) in [5, 5.41) is 0. The van der Waals surface area contributed by atoms with Crippen LogP contribution in [0.3, 0.4) is 0 Å². The summed E-state index contributed by atoms with van der Waals surface area (Å²) in [7, 11) is 0. The quantitative estimate of drug-likeness (QED) is 0.795. The van der Waals surface area contributed by atoms with Crippen LogP contribution in [0.2, 0.25) is 0 Å². The second kappa shape index (κ2) is 6.28. The van der Waals surface area contributed by atoms with Gasteiger partial charge in [-0.1, -0.05) is 24.8 Å². The minimum absolute atomic E-state index is 0.000797. The number of carbonyl (C=O) groups excluding carboxylic acids is 1. The molecule has 0 saturated heterocycles. The number of fused-ring (bicyclic) bond motifs is 2. The lowest BCUT2D eigenvalue weighted by molar-refractivity contribution is 0.0833. The number of amides is 1. The molecule has 0 spiro atoms. The van der Waals surface area contributed by atoms with E-state index in [4.69, 9.17) is 9.47 Å². The van der Waals surface area contributed by atoms with Crippen LogP contribution in [0.4, 0.5) is 0 Å². The molecule has 0 unspecified atom stereocenters. The largest absolute Gasteiger partial charge is 0.490 e. The zero-order valence-electron chi connectivity index (χ0n) is 14.4. The van der Waals surface area contributed by atoms with Crippen LogP contribution in [0.15, 0.2) is 43.0 Å². The molecular formula is C21H21NO3. The highest BCUT2D eigenvalue weighted by Crippen LogP contribution is 2.38. The fourth-order valence-electron chi connectivity index (χ4n) is 3.42. The normalized spacial score (nSPS) is 16.2. The van der Waals surface area contributed by atoms with Crippen LogP contribution < -0.4 is 9.47 Å². The lowest BCUT2D eigenvalue weighted by atomic mass is 9.95. The number of hydrogen-bond acceptors (Lipinski definition) is 3. The first-order valence-corrected chi connectivity index (χ1v) is 8.64. The van der Waals surface area contributed by atoms with Gasteiger partial charge in [0.1, 0.15) is 0 Å². The molecule has 1 amide bonds. The molecule has 0 atom stereocenters. The van der Waals surface area contributed by atoms with Gasteiger partial charge in [0, 0.05) is 29.8 Å². The van der Waals surface area contributed by atoms with E-state index in [0.29, 0.717) is 19.8 Å². The van der Waals surface area contributed by atoms with Gasteiger partial charge in [-0.3, -0.25) is 4.79 Å². The molecule has 0 bridgehead atoms. The van der Waals surface area contributed by atoms with Crippen LogP contribution in [0, 0.1) is 6.92 Å². The zero-order valence-corrected chi connectivity index (χ0v) is 14.4. The summed E-state index contributed by atoms with van der Waals surface area (Å²) in [5.41, 5.74) is 4.55. The van der Waals surface area contributed by atoms with Crippen LogP contribution in [0.1, 0.15) is 33.5 Å². The molecule has 0 fully saturated rings. The van der Waals surface area contributed by atoms with E-state index >= 15 is 0 Å². The molecule has 2 heterocycles. The Morgan fingerprint density at radius 3 is 2.60 bits per heavy atom. The standard InChI is InChI=1S/C21H21NO3/c1-14-6-3-4-7-17(14)21(23)22-9-8-16-12-19-20(13-18(16)15(22)2)25-11-5-10-24-19/h3-4,6-7,12-13H,2,5,8-11H2,1H3. The molecule has 4 rings (SSSR count). The van der Waals surface area contributed by atoms with Crippen molar-refractivity contribution < 1.29 is 14.3 Å². The van der Waals surface area contributed by atoms with Crippen LogP contribution >= 0.6 is 0 Å². The smallest absolute Gasteiger partial charge is 0.258 e. The van der Waals surface area contributed by atoms with Crippen molar-refractivity contribution in [3.8, 4) is 11.5 Å². The Hall–Kier alpha value is -2.75. The maximum absolute atomic E-state index is 13.0. The fourth-order valence-corrected chi connectivity index (χ4v) is 3.42. The van der Waals surface area contributed by atoms with Crippen LogP contribution in [0.25, 0.3) is 5.70 Å². The molecule has 2 aliphatic heterocycles. The molecule has 0 N–H and O–H groups in total. The Balaban J connectivity index is 1.68. The molecule has 0 radical (unpaired) electrons. The third kappa shape index (κ3) is 2.78. The highest BCUT2D eigenvalue weighted by atomic mass is 16.5. The number of ether oxygens (including phenoxy) is 2. The monoisotopic (exact) mass is 335 g/mol. The van der Waals surface area contributed by atoms with Gasteiger partial charge in [0.15, 0.2) is 11.5 Å². The number of rotatable bonds is 1. The van der Waals surface area contributed by atoms with Gasteiger partial charge in [0.05, 0.1) is 13.2 Å². The lowest BCUT2D eigenvalue weighted by Gasteiger charge is -2.32. The Labute approximate surface area is 147 Å². The molecule has 4 nitrogen and oxygen atoms in total. The highest BCUT2D eigenvalue weighted by molar-refractivity contribution is 6.01.